The molecular formula is C18H17NO9S. The third kappa shape index (κ3) is 4.63. The number of nitro groups is 1. The van der Waals surface area contributed by atoms with Gasteiger partial charge in [-0.05, 0) is 25.1 Å². The van der Waals surface area contributed by atoms with Crippen LogP contribution in [0.4, 0.5) is 5.69 Å². The fourth-order valence-electron chi connectivity index (χ4n) is 2.74. The first-order valence-corrected chi connectivity index (χ1v) is 9.86. The van der Waals surface area contributed by atoms with Gasteiger partial charge in [0, 0.05) is 6.07 Å². The monoisotopic (exact) mass is 423 g/mol. The van der Waals surface area contributed by atoms with Crippen LogP contribution in [-0.4, -0.2) is 43.7 Å². The molecule has 1 aliphatic heterocycles. The molecule has 1 aliphatic rings. The molecule has 0 amide bonds. The summed E-state index contributed by atoms with van der Waals surface area (Å²) in [6, 6.07) is 8.52. The van der Waals surface area contributed by atoms with Crippen molar-refractivity contribution in [3.63, 3.8) is 0 Å². The number of fused-ring (bicyclic) bond motifs is 1. The van der Waals surface area contributed by atoms with E-state index < -0.39 is 45.8 Å². The number of ether oxygens (including phenoxy) is 2. The summed E-state index contributed by atoms with van der Waals surface area (Å²) in [4.78, 5) is 21.6. The SMILES string of the molecule is Cc1ccc(S(=O)(=O)OCC2COc3ccc([N+](=O)[O-])c(CC(=O)O)c3O2)cc1. The molecule has 11 heteroatoms. The predicted molar refractivity (Wildman–Crippen MR) is 98.7 cm³/mol. The van der Waals surface area contributed by atoms with E-state index in [0.717, 1.165) is 11.6 Å². The van der Waals surface area contributed by atoms with Crippen LogP contribution in [0, 0.1) is 17.0 Å². The Kier molecular flexibility index (Phi) is 5.71. The van der Waals surface area contributed by atoms with E-state index in [4.69, 9.17) is 18.8 Å². The molecule has 2 aromatic carbocycles. The summed E-state index contributed by atoms with van der Waals surface area (Å²) < 4.78 is 40.7. The quantitative estimate of drug-likeness (QED) is 0.402. The Bertz CT molecular complexity index is 1050. The van der Waals surface area contributed by atoms with E-state index >= 15 is 0 Å². The number of aryl methyl sites for hydroxylation is 1. The number of benzene rings is 2. The molecule has 3 rings (SSSR count). The summed E-state index contributed by atoms with van der Waals surface area (Å²) in [5.74, 6) is -1.25. The first-order chi connectivity index (χ1) is 13.7. The van der Waals surface area contributed by atoms with E-state index in [1.165, 1.54) is 18.2 Å². The fourth-order valence-corrected chi connectivity index (χ4v) is 3.67. The Balaban J connectivity index is 1.79. The van der Waals surface area contributed by atoms with E-state index in [-0.39, 0.29) is 28.6 Å². The van der Waals surface area contributed by atoms with Gasteiger partial charge < -0.3 is 14.6 Å². The van der Waals surface area contributed by atoms with Crippen LogP contribution < -0.4 is 9.47 Å². The number of nitro benzene ring substituents is 1. The number of carboxylic acids is 1. The summed E-state index contributed by atoms with van der Waals surface area (Å²) in [6.07, 6.45) is -1.56. The average molecular weight is 423 g/mol. The molecule has 0 saturated carbocycles. The van der Waals surface area contributed by atoms with Crippen LogP contribution in [-0.2, 0) is 25.5 Å². The normalized spacial score (nSPS) is 15.7. The van der Waals surface area contributed by atoms with Crippen molar-refractivity contribution in [3.8, 4) is 11.5 Å². The van der Waals surface area contributed by atoms with Gasteiger partial charge in [0.15, 0.2) is 17.6 Å². The van der Waals surface area contributed by atoms with Crippen LogP contribution in [0.1, 0.15) is 11.1 Å². The molecule has 0 radical (unpaired) electrons. The highest BCUT2D eigenvalue weighted by Gasteiger charge is 2.31. The minimum absolute atomic E-state index is 0.0255. The number of aliphatic carboxylic acids is 1. The van der Waals surface area contributed by atoms with Crippen LogP contribution in [0.3, 0.4) is 0 Å². The second-order valence-corrected chi connectivity index (χ2v) is 7.94. The van der Waals surface area contributed by atoms with Gasteiger partial charge in [0.2, 0.25) is 0 Å². The van der Waals surface area contributed by atoms with E-state index in [2.05, 4.69) is 0 Å². The van der Waals surface area contributed by atoms with Crippen molar-refractivity contribution in [2.75, 3.05) is 13.2 Å². The Morgan fingerprint density at radius 1 is 1.28 bits per heavy atom. The summed E-state index contributed by atoms with van der Waals surface area (Å²) in [5, 5.41) is 20.3. The zero-order chi connectivity index (χ0) is 21.2. The molecule has 0 aliphatic carbocycles. The smallest absolute Gasteiger partial charge is 0.308 e. The molecule has 2 aromatic rings. The lowest BCUT2D eigenvalue weighted by atomic mass is 10.1. The van der Waals surface area contributed by atoms with Gasteiger partial charge in [-0.3, -0.25) is 19.1 Å². The van der Waals surface area contributed by atoms with Crippen molar-refractivity contribution in [2.24, 2.45) is 0 Å². The van der Waals surface area contributed by atoms with Crippen LogP contribution in [0.15, 0.2) is 41.3 Å². The van der Waals surface area contributed by atoms with Gasteiger partial charge in [0.1, 0.15) is 13.2 Å². The highest BCUT2D eigenvalue weighted by Crippen LogP contribution is 2.40. The molecule has 1 unspecified atom stereocenters. The summed E-state index contributed by atoms with van der Waals surface area (Å²) in [6.45, 7) is 1.33. The lowest BCUT2D eigenvalue weighted by Gasteiger charge is -2.27. The Morgan fingerprint density at radius 2 is 1.97 bits per heavy atom. The zero-order valence-corrected chi connectivity index (χ0v) is 16.0. The fraction of sp³-hybridized carbons (Fsp3) is 0.278. The molecule has 10 nitrogen and oxygen atoms in total. The standard InChI is InChI=1S/C18H17NO9S/c1-11-2-4-13(5-3-11)29(24,25)27-10-12-9-26-16-7-6-15(19(22)23)14(8-17(20)21)18(16)28-12/h2-7,12H,8-10H2,1H3,(H,20,21). The van der Waals surface area contributed by atoms with Gasteiger partial charge in [-0.25, -0.2) is 0 Å². The van der Waals surface area contributed by atoms with Crippen molar-refractivity contribution < 1.29 is 36.9 Å². The first-order valence-electron chi connectivity index (χ1n) is 8.45. The van der Waals surface area contributed by atoms with E-state index in [1.807, 2.05) is 6.92 Å². The third-order valence-electron chi connectivity index (χ3n) is 4.15. The minimum atomic E-state index is -4.04. The van der Waals surface area contributed by atoms with Crippen LogP contribution in [0.2, 0.25) is 0 Å². The molecule has 1 N–H and O–H groups in total. The first kappa shape index (κ1) is 20.6. The van der Waals surface area contributed by atoms with Gasteiger partial charge in [-0.15, -0.1) is 0 Å². The van der Waals surface area contributed by atoms with E-state index in [9.17, 15) is 23.3 Å². The van der Waals surface area contributed by atoms with E-state index in [0.29, 0.717) is 0 Å². The molecule has 0 fully saturated rings. The number of carboxylic acid groups (broad SMARTS) is 1. The van der Waals surface area contributed by atoms with Crippen molar-refractivity contribution in [3.05, 3.63) is 57.6 Å². The van der Waals surface area contributed by atoms with Gasteiger partial charge in [0.25, 0.3) is 15.8 Å². The number of nitrogens with zero attached hydrogens (tertiary/aromatic N) is 1. The summed E-state index contributed by atoms with van der Waals surface area (Å²) in [5.41, 5.74) is 0.298. The molecule has 0 bridgehead atoms. The summed E-state index contributed by atoms with van der Waals surface area (Å²) in [7, 11) is -4.04. The maximum absolute atomic E-state index is 12.3. The Labute approximate surface area is 165 Å². The number of hydrogen-bond acceptors (Lipinski definition) is 8. The highest BCUT2D eigenvalue weighted by atomic mass is 32.2. The number of rotatable bonds is 7. The molecule has 0 saturated heterocycles. The summed E-state index contributed by atoms with van der Waals surface area (Å²) >= 11 is 0. The Morgan fingerprint density at radius 3 is 2.59 bits per heavy atom. The number of hydrogen-bond donors (Lipinski definition) is 1. The van der Waals surface area contributed by atoms with Crippen molar-refractivity contribution in [2.45, 2.75) is 24.3 Å². The maximum Gasteiger partial charge on any atom is 0.308 e. The van der Waals surface area contributed by atoms with Crippen molar-refractivity contribution in [1.82, 2.24) is 0 Å². The van der Waals surface area contributed by atoms with Crippen LogP contribution in [0.5, 0.6) is 11.5 Å². The predicted octanol–water partition coefficient (Wildman–Crippen LogP) is 2.08. The van der Waals surface area contributed by atoms with Gasteiger partial charge in [-0.2, -0.15) is 8.42 Å². The van der Waals surface area contributed by atoms with Gasteiger partial charge in [0.05, 0.1) is 21.8 Å². The van der Waals surface area contributed by atoms with Crippen LogP contribution >= 0.6 is 0 Å². The highest BCUT2D eigenvalue weighted by molar-refractivity contribution is 7.86. The third-order valence-corrected chi connectivity index (χ3v) is 5.45. The molecule has 0 aromatic heterocycles. The lowest BCUT2D eigenvalue weighted by Crippen LogP contribution is -2.35. The second kappa shape index (κ2) is 8.05. The molecule has 1 heterocycles. The average Bonchev–Trinajstić information content (AvgIpc) is 2.66. The maximum atomic E-state index is 12.3. The van der Waals surface area contributed by atoms with Crippen molar-refractivity contribution in [1.29, 1.82) is 0 Å². The Hall–Kier alpha value is -3.18. The lowest BCUT2D eigenvalue weighted by molar-refractivity contribution is -0.385. The molecule has 154 valence electrons. The van der Waals surface area contributed by atoms with Gasteiger partial charge >= 0.3 is 5.97 Å². The molecular weight excluding hydrogens is 406 g/mol. The number of carbonyl (C=O) groups is 1. The van der Waals surface area contributed by atoms with Crippen molar-refractivity contribution >= 4 is 21.8 Å². The molecule has 1 atom stereocenters. The largest absolute Gasteiger partial charge is 0.486 e. The van der Waals surface area contributed by atoms with Gasteiger partial charge in [-0.1, -0.05) is 17.7 Å². The second-order valence-electron chi connectivity index (χ2n) is 6.32. The topological polar surface area (TPSA) is 142 Å². The van der Waals surface area contributed by atoms with Crippen LogP contribution in [0.25, 0.3) is 0 Å². The molecule has 29 heavy (non-hydrogen) atoms. The van der Waals surface area contributed by atoms with E-state index in [1.54, 1.807) is 12.1 Å². The minimum Gasteiger partial charge on any atom is -0.486 e. The zero-order valence-electron chi connectivity index (χ0n) is 15.2. The molecule has 0 spiro atoms.